The highest BCUT2D eigenvalue weighted by molar-refractivity contribution is 9.10. The number of amides is 1. The molecule has 3 aromatic rings. The fourth-order valence-electron chi connectivity index (χ4n) is 4.06. The molecule has 0 aromatic heterocycles. The highest BCUT2D eigenvalue weighted by atomic mass is 79.9. The number of nitriles is 1. The number of ether oxygens (including phenoxy) is 2. The van der Waals surface area contributed by atoms with E-state index in [-0.39, 0.29) is 11.5 Å². The summed E-state index contributed by atoms with van der Waals surface area (Å²) in [5.41, 5.74) is 2.92. The van der Waals surface area contributed by atoms with E-state index in [0.717, 1.165) is 28.8 Å². The van der Waals surface area contributed by atoms with Crippen LogP contribution in [0.15, 0.2) is 81.2 Å². The van der Waals surface area contributed by atoms with E-state index < -0.39 is 0 Å². The first-order chi connectivity index (χ1) is 18.0. The molecule has 0 unspecified atom stereocenters. The molecular formula is C29H27Br2N3O3. The van der Waals surface area contributed by atoms with Crippen LogP contribution in [0.2, 0.25) is 0 Å². The summed E-state index contributed by atoms with van der Waals surface area (Å²) >= 11 is 7.02. The first-order valence-corrected chi connectivity index (χ1v) is 13.6. The molecular weight excluding hydrogens is 598 g/mol. The molecule has 1 amide bonds. The van der Waals surface area contributed by atoms with Crippen LogP contribution in [0.3, 0.4) is 0 Å². The van der Waals surface area contributed by atoms with Crippen LogP contribution in [-0.4, -0.2) is 43.6 Å². The van der Waals surface area contributed by atoms with Crippen molar-refractivity contribution < 1.29 is 14.3 Å². The number of anilines is 1. The maximum atomic E-state index is 13.2. The van der Waals surface area contributed by atoms with E-state index in [4.69, 9.17) is 9.47 Å². The van der Waals surface area contributed by atoms with Crippen LogP contribution in [0.1, 0.15) is 18.1 Å². The lowest BCUT2D eigenvalue weighted by molar-refractivity contribution is -0.126. The zero-order chi connectivity index (χ0) is 26.2. The molecule has 1 heterocycles. The van der Waals surface area contributed by atoms with Crippen LogP contribution < -0.4 is 14.4 Å². The normalized spacial score (nSPS) is 13.7. The lowest BCUT2D eigenvalue weighted by Crippen LogP contribution is -2.49. The summed E-state index contributed by atoms with van der Waals surface area (Å²) in [7, 11) is 0. The Hall–Kier alpha value is -3.28. The topological polar surface area (TPSA) is 65.8 Å². The van der Waals surface area contributed by atoms with Gasteiger partial charge in [0.15, 0.2) is 11.5 Å². The van der Waals surface area contributed by atoms with E-state index in [1.54, 1.807) is 17.0 Å². The second-order valence-electron chi connectivity index (χ2n) is 8.45. The van der Waals surface area contributed by atoms with Gasteiger partial charge in [-0.25, -0.2) is 0 Å². The molecule has 8 heteroatoms. The van der Waals surface area contributed by atoms with Crippen molar-refractivity contribution in [3.8, 4) is 17.6 Å². The Kier molecular flexibility index (Phi) is 9.26. The number of piperazine rings is 1. The van der Waals surface area contributed by atoms with Gasteiger partial charge in [-0.15, -0.1) is 0 Å². The Balaban J connectivity index is 1.48. The number of carbonyl (C=O) groups is 1. The molecule has 1 aliphatic rings. The standard InChI is InChI=1S/C29H27Br2N3O3/c1-2-36-27-17-22(26(31)18-28(27)37-20-21-8-10-24(30)11-9-21)16-23(19-32)29(35)34-14-12-33(13-15-34)25-6-4-3-5-7-25/h3-11,16-18H,2,12-15,20H2,1H3/b23-16-. The van der Waals surface area contributed by atoms with Crippen molar-refractivity contribution in [2.24, 2.45) is 0 Å². The summed E-state index contributed by atoms with van der Waals surface area (Å²) in [6.45, 7) is 5.28. The minimum atomic E-state index is -0.268. The van der Waals surface area contributed by atoms with Gasteiger partial charge in [-0.05, 0) is 60.5 Å². The third kappa shape index (κ3) is 6.94. The Labute approximate surface area is 234 Å². The van der Waals surface area contributed by atoms with E-state index in [1.807, 2.05) is 55.5 Å². The molecule has 1 saturated heterocycles. The summed E-state index contributed by atoms with van der Waals surface area (Å²) in [6.07, 6.45) is 1.61. The SMILES string of the molecule is CCOc1cc(/C=C(/C#N)C(=O)N2CCN(c3ccccc3)CC2)c(Br)cc1OCc1ccc(Br)cc1. The van der Waals surface area contributed by atoms with Gasteiger partial charge in [-0.3, -0.25) is 4.79 Å². The third-order valence-electron chi connectivity index (χ3n) is 6.01. The van der Waals surface area contributed by atoms with Gasteiger partial charge in [-0.2, -0.15) is 5.26 Å². The second kappa shape index (κ2) is 12.8. The summed E-state index contributed by atoms with van der Waals surface area (Å²) in [5, 5.41) is 9.82. The summed E-state index contributed by atoms with van der Waals surface area (Å²) < 4.78 is 13.6. The van der Waals surface area contributed by atoms with Gasteiger partial charge >= 0.3 is 0 Å². The third-order valence-corrected chi connectivity index (χ3v) is 7.22. The Morgan fingerprint density at radius 3 is 2.30 bits per heavy atom. The zero-order valence-corrected chi connectivity index (χ0v) is 23.7. The van der Waals surface area contributed by atoms with E-state index >= 15 is 0 Å². The molecule has 3 aromatic carbocycles. The molecule has 1 aliphatic heterocycles. The number of rotatable bonds is 8. The monoisotopic (exact) mass is 623 g/mol. The quantitative estimate of drug-likeness (QED) is 0.213. The van der Waals surface area contributed by atoms with Gasteiger partial charge in [0.2, 0.25) is 0 Å². The van der Waals surface area contributed by atoms with Crippen molar-refractivity contribution in [1.82, 2.24) is 4.90 Å². The molecule has 0 radical (unpaired) electrons. The van der Waals surface area contributed by atoms with Gasteiger partial charge in [0.25, 0.3) is 5.91 Å². The summed E-state index contributed by atoms with van der Waals surface area (Å²) in [6, 6.07) is 23.8. The maximum absolute atomic E-state index is 13.2. The molecule has 0 spiro atoms. The first-order valence-electron chi connectivity index (χ1n) is 12.0. The molecule has 6 nitrogen and oxygen atoms in total. The molecule has 0 atom stereocenters. The Morgan fingerprint density at radius 2 is 1.65 bits per heavy atom. The van der Waals surface area contributed by atoms with Crippen molar-refractivity contribution in [1.29, 1.82) is 5.26 Å². The van der Waals surface area contributed by atoms with Crippen LogP contribution in [0, 0.1) is 11.3 Å². The number of hydrogen-bond donors (Lipinski definition) is 0. The molecule has 1 fully saturated rings. The van der Waals surface area contributed by atoms with Crippen molar-refractivity contribution in [2.45, 2.75) is 13.5 Å². The number of carbonyl (C=O) groups excluding carboxylic acids is 1. The number of nitrogens with zero attached hydrogens (tertiary/aromatic N) is 3. The predicted molar refractivity (Wildman–Crippen MR) is 153 cm³/mol. The van der Waals surface area contributed by atoms with E-state index in [9.17, 15) is 10.1 Å². The lowest BCUT2D eigenvalue weighted by Gasteiger charge is -2.36. The molecule has 190 valence electrons. The van der Waals surface area contributed by atoms with Gasteiger partial charge in [-0.1, -0.05) is 62.2 Å². The zero-order valence-electron chi connectivity index (χ0n) is 20.5. The molecule has 0 N–H and O–H groups in total. The van der Waals surface area contributed by atoms with Crippen molar-refractivity contribution in [3.63, 3.8) is 0 Å². The van der Waals surface area contributed by atoms with Crippen LogP contribution in [-0.2, 0) is 11.4 Å². The molecule has 4 rings (SSSR count). The molecule has 0 bridgehead atoms. The summed E-state index contributed by atoms with van der Waals surface area (Å²) in [5.74, 6) is 0.863. The maximum Gasteiger partial charge on any atom is 0.264 e. The van der Waals surface area contributed by atoms with Crippen molar-refractivity contribution >= 4 is 49.5 Å². The number of para-hydroxylation sites is 1. The average Bonchev–Trinajstić information content (AvgIpc) is 2.93. The minimum absolute atomic E-state index is 0.0832. The van der Waals surface area contributed by atoms with Crippen LogP contribution in [0.25, 0.3) is 6.08 Å². The average molecular weight is 625 g/mol. The Morgan fingerprint density at radius 1 is 0.973 bits per heavy atom. The van der Waals surface area contributed by atoms with E-state index in [0.29, 0.717) is 47.8 Å². The van der Waals surface area contributed by atoms with E-state index in [2.05, 4.69) is 55.0 Å². The molecule has 0 saturated carbocycles. The van der Waals surface area contributed by atoms with Crippen LogP contribution in [0.5, 0.6) is 11.5 Å². The largest absolute Gasteiger partial charge is 0.490 e. The number of benzene rings is 3. The molecule has 0 aliphatic carbocycles. The van der Waals surface area contributed by atoms with Crippen LogP contribution in [0.4, 0.5) is 5.69 Å². The van der Waals surface area contributed by atoms with Crippen molar-refractivity contribution in [2.75, 3.05) is 37.7 Å². The number of hydrogen-bond acceptors (Lipinski definition) is 5. The second-order valence-corrected chi connectivity index (χ2v) is 10.2. The predicted octanol–water partition coefficient (Wildman–Crippen LogP) is 6.45. The molecule has 37 heavy (non-hydrogen) atoms. The highest BCUT2D eigenvalue weighted by Gasteiger charge is 2.24. The Bertz CT molecular complexity index is 1300. The van der Waals surface area contributed by atoms with Gasteiger partial charge in [0.1, 0.15) is 18.2 Å². The van der Waals surface area contributed by atoms with Gasteiger partial charge in [0, 0.05) is 40.8 Å². The van der Waals surface area contributed by atoms with Gasteiger partial charge in [0.05, 0.1) is 6.61 Å². The van der Waals surface area contributed by atoms with Gasteiger partial charge < -0.3 is 19.3 Å². The summed E-state index contributed by atoms with van der Waals surface area (Å²) in [4.78, 5) is 17.2. The highest BCUT2D eigenvalue weighted by Crippen LogP contribution is 2.35. The van der Waals surface area contributed by atoms with Crippen molar-refractivity contribution in [3.05, 3.63) is 92.4 Å². The lowest BCUT2D eigenvalue weighted by atomic mass is 10.1. The van der Waals surface area contributed by atoms with E-state index in [1.165, 1.54) is 0 Å². The fourth-order valence-corrected chi connectivity index (χ4v) is 4.76. The van der Waals surface area contributed by atoms with Crippen LogP contribution >= 0.6 is 31.9 Å². The first kappa shape index (κ1) is 26.8. The smallest absolute Gasteiger partial charge is 0.264 e. The minimum Gasteiger partial charge on any atom is -0.490 e. The fraction of sp³-hybridized carbons (Fsp3) is 0.241. The number of halogens is 2.